The lowest BCUT2D eigenvalue weighted by molar-refractivity contribution is -0.167. The molecule has 0 saturated heterocycles. The van der Waals surface area contributed by atoms with Gasteiger partial charge in [0.15, 0.2) is 6.10 Å². The van der Waals surface area contributed by atoms with Crippen molar-refractivity contribution >= 4 is 41.8 Å². The average Bonchev–Trinajstić information content (AvgIpc) is 3.87. The molecule has 0 aromatic rings. The van der Waals surface area contributed by atoms with E-state index in [1.165, 1.54) is 135 Å². The van der Waals surface area contributed by atoms with Crippen LogP contribution in [0.25, 0.3) is 0 Å². The Kier molecular flexibility index (Phi) is 34.5. The molecule has 0 aromatic carbocycles. The van der Waals surface area contributed by atoms with Gasteiger partial charge in [-0.2, -0.15) is 0 Å². The monoisotopic (exact) mass is 1140 g/mol. The molecule has 0 bridgehead atoms. The van der Waals surface area contributed by atoms with Gasteiger partial charge in [0, 0.05) is 38.0 Å². The third-order valence-electron chi connectivity index (χ3n) is 19.8. The Morgan fingerprint density at radius 2 is 0.926 bits per heavy atom. The average molecular weight is 1140 g/mol. The third-order valence-corrected chi connectivity index (χ3v) is 19.8. The van der Waals surface area contributed by atoms with Crippen LogP contribution in [0.5, 0.6) is 0 Å². The fourth-order valence-electron chi connectivity index (χ4n) is 15.0. The van der Waals surface area contributed by atoms with E-state index in [2.05, 4.69) is 27.7 Å². The number of fused-ring (bicyclic) bond motifs is 5. The Morgan fingerprint density at radius 3 is 1.44 bits per heavy atom. The molecule has 4 aliphatic rings. The molecule has 4 rings (SSSR count). The summed E-state index contributed by atoms with van der Waals surface area (Å²) in [5.41, 5.74) is 0.395. The van der Waals surface area contributed by atoms with E-state index in [0.717, 1.165) is 77.0 Å². The second-order valence-corrected chi connectivity index (χ2v) is 26.3. The van der Waals surface area contributed by atoms with Gasteiger partial charge >= 0.3 is 36.0 Å². The lowest BCUT2D eigenvalue weighted by Crippen LogP contribution is -2.54. The minimum Gasteiger partial charge on any atom is -0.462 e. The van der Waals surface area contributed by atoms with Crippen molar-refractivity contribution in [2.75, 3.05) is 19.8 Å². The number of carbonyl (C=O) groups is 7. The normalized spacial score (nSPS) is 24.3. The fraction of sp³-hybridized carbons (Fsp3) is 0.897. The number of ketones is 1. The zero-order chi connectivity index (χ0) is 58.7. The SMILES string of the molecule is CCCCCCCCCCCCCCCC(=O)OCC(COC(=O)CCCCCCCCCCCCCCC)OC(=O)CC(C)CC(=O)OC(=O)OCCCCC(=O)O[C@@H]1CC[C@@]2(C)[C@@H](CC[C@@H]3[C@@H]2CC[C@]2(C)[C@@H](C(C)=O)CC[C@@H]32)C1. The van der Waals surface area contributed by atoms with E-state index in [4.69, 9.17) is 28.4 Å². The maximum atomic E-state index is 13.1. The summed E-state index contributed by atoms with van der Waals surface area (Å²) in [6.07, 6.45) is 39.8. The Labute approximate surface area is 491 Å². The number of rotatable bonds is 44. The van der Waals surface area contributed by atoms with Crippen LogP contribution in [0.4, 0.5) is 4.79 Å². The van der Waals surface area contributed by atoms with Crippen LogP contribution in [0, 0.1) is 46.3 Å². The third kappa shape index (κ3) is 26.5. The molecule has 0 spiro atoms. The maximum Gasteiger partial charge on any atom is 0.516 e. The molecule has 0 aliphatic heterocycles. The fourth-order valence-corrected chi connectivity index (χ4v) is 15.0. The van der Waals surface area contributed by atoms with E-state index in [9.17, 15) is 33.6 Å². The van der Waals surface area contributed by atoms with Crippen molar-refractivity contribution in [3.05, 3.63) is 0 Å². The van der Waals surface area contributed by atoms with E-state index < -0.39 is 42.1 Å². The molecule has 466 valence electrons. The van der Waals surface area contributed by atoms with Gasteiger partial charge in [0.05, 0.1) is 6.61 Å². The second kappa shape index (κ2) is 39.9. The van der Waals surface area contributed by atoms with Crippen LogP contribution in [0.1, 0.15) is 311 Å². The highest BCUT2D eigenvalue weighted by Crippen LogP contribution is 2.67. The van der Waals surface area contributed by atoms with Gasteiger partial charge in [-0.05, 0) is 131 Å². The second-order valence-electron chi connectivity index (χ2n) is 26.3. The first-order valence-electron chi connectivity index (χ1n) is 33.7. The van der Waals surface area contributed by atoms with Crippen LogP contribution in [0.3, 0.4) is 0 Å². The Morgan fingerprint density at radius 1 is 0.469 bits per heavy atom. The van der Waals surface area contributed by atoms with Crippen molar-refractivity contribution in [1.82, 2.24) is 0 Å². The van der Waals surface area contributed by atoms with Gasteiger partial charge in [-0.1, -0.05) is 189 Å². The van der Waals surface area contributed by atoms with Crippen molar-refractivity contribution in [3.8, 4) is 0 Å². The van der Waals surface area contributed by atoms with Gasteiger partial charge in [0.2, 0.25) is 0 Å². The van der Waals surface area contributed by atoms with Gasteiger partial charge in [-0.25, -0.2) is 4.79 Å². The van der Waals surface area contributed by atoms with E-state index in [0.29, 0.717) is 55.1 Å². The standard InChI is InChI=1S/C68H116O13/c1-7-9-11-13-15-17-19-21-23-25-27-29-31-35-61(70)77-50-56(51-78-62(71)36-32-30-28-26-24-22-20-18-16-14-12-10-8-2)80-64(73)47-52(3)48-65(74)81-66(75)76-46-34-33-37-63(72)79-55-42-44-67(5)54(49-55)38-39-57-59-41-40-58(53(4)69)68(59,6)45-43-60(57)67/h52,54-60H,7-51H2,1-6H3/t52?,54-,55+,57-,58+,59-,60-,67-,68+/m0/s1. The van der Waals surface area contributed by atoms with E-state index in [-0.39, 0.29) is 80.7 Å². The summed E-state index contributed by atoms with van der Waals surface area (Å²) in [6, 6.07) is 0. The summed E-state index contributed by atoms with van der Waals surface area (Å²) >= 11 is 0. The predicted octanol–water partition coefficient (Wildman–Crippen LogP) is 17.4. The highest BCUT2D eigenvalue weighted by molar-refractivity contribution is 5.82. The zero-order valence-electron chi connectivity index (χ0n) is 52.2. The van der Waals surface area contributed by atoms with Crippen LogP contribution in [-0.2, 0) is 57.2 Å². The Hall–Kier alpha value is -3.51. The molecule has 0 N–H and O–H groups in total. The molecule has 0 radical (unpaired) electrons. The highest BCUT2D eigenvalue weighted by atomic mass is 16.7. The number of unbranched alkanes of at least 4 members (excludes halogenated alkanes) is 25. The molecule has 4 fully saturated rings. The summed E-state index contributed by atoms with van der Waals surface area (Å²) in [5.74, 6) is -0.0138. The van der Waals surface area contributed by atoms with Gasteiger partial charge in [0.25, 0.3) is 0 Å². The molecule has 81 heavy (non-hydrogen) atoms. The topological polar surface area (TPSA) is 175 Å². The maximum absolute atomic E-state index is 13.1. The molecular formula is C68H116O13. The minimum atomic E-state index is -1.15. The van der Waals surface area contributed by atoms with Gasteiger partial charge in [-0.3, -0.25) is 28.8 Å². The molecule has 0 amide bonds. The molecule has 13 nitrogen and oxygen atoms in total. The molecular weight excluding hydrogens is 1020 g/mol. The van der Waals surface area contributed by atoms with E-state index in [1.54, 1.807) is 13.8 Å². The van der Waals surface area contributed by atoms with Gasteiger partial charge in [-0.15, -0.1) is 0 Å². The largest absolute Gasteiger partial charge is 0.516 e. The molecule has 1 unspecified atom stereocenters. The van der Waals surface area contributed by atoms with Crippen LogP contribution >= 0.6 is 0 Å². The Bertz CT molecular complexity index is 1790. The first-order chi connectivity index (χ1) is 39.1. The van der Waals surface area contributed by atoms with Crippen molar-refractivity contribution in [2.24, 2.45) is 46.3 Å². The molecule has 4 saturated carbocycles. The highest BCUT2D eigenvalue weighted by Gasteiger charge is 2.61. The number of hydrogen-bond donors (Lipinski definition) is 0. The lowest BCUT2D eigenvalue weighted by Gasteiger charge is -2.61. The number of carbonyl (C=O) groups excluding carboxylic acids is 7. The van der Waals surface area contributed by atoms with Gasteiger partial charge < -0.3 is 28.4 Å². The number of hydrogen-bond acceptors (Lipinski definition) is 13. The van der Waals surface area contributed by atoms with Gasteiger partial charge in [0.1, 0.15) is 25.1 Å². The van der Waals surface area contributed by atoms with Crippen LogP contribution < -0.4 is 0 Å². The molecule has 13 heteroatoms. The smallest absolute Gasteiger partial charge is 0.462 e. The number of Topliss-reactive ketones (excluding diaryl/α,β-unsaturated/α-hetero) is 1. The zero-order valence-corrected chi connectivity index (χ0v) is 52.2. The number of ether oxygens (including phenoxy) is 6. The van der Waals surface area contributed by atoms with Crippen LogP contribution in [-0.4, -0.2) is 73.8 Å². The summed E-state index contributed by atoms with van der Waals surface area (Å²) in [6.45, 7) is 12.3. The summed E-state index contributed by atoms with van der Waals surface area (Å²) in [7, 11) is 0. The molecule has 4 aliphatic carbocycles. The summed E-state index contributed by atoms with van der Waals surface area (Å²) < 4.78 is 32.7. The minimum absolute atomic E-state index is 0.0315. The molecule has 0 aromatic heterocycles. The van der Waals surface area contributed by atoms with Crippen molar-refractivity contribution in [3.63, 3.8) is 0 Å². The Balaban J connectivity index is 1.08. The van der Waals surface area contributed by atoms with E-state index in [1.807, 2.05) is 0 Å². The summed E-state index contributed by atoms with van der Waals surface area (Å²) in [5, 5.41) is 0. The summed E-state index contributed by atoms with van der Waals surface area (Å²) in [4.78, 5) is 89.2. The quantitative estimate of drug-likeness (QED) is 0.0244. The van der Waals surface area contributed by atoms with Crippen LogP contribution in [0.15, 0.2) is 0 Å². The first-order valence-corrected chi connectivity index (χ1v) is 33.7. The molecule has 9 atom stereocenters. The van der Waals surface area contributed by atoms with Crippen molar-refractivity contribution < 1.29 is 62.0 Å². The van der Waals surface area contributed by atoms with E-state index >= 15 is 0 Å². The van der Waals surface area contributed by atoms with Crippen molar-refractivity contribution in [2.45, 2.75) is 323 Å². The number of esters is 5. The predicted molar refractivity (Wildman–Crippen MR) is 318 cm³/mol. The molecule has 0 heterocycles. The van der Waals surface area contributed by atoms with Crippen molar-refractivity contribution in [1.29, 1.82) is 0 Å². The lowest BCUT2D eigenvalue weighted by atomic mass is 9.44. The first kappa shape index (κ1) is 70.0. The van der Waals surface area contributed by atoms with Crippen LogP contribution in [0.2, 0.25) is 0 Å².